The molecule has 0 rings (SSSR count). The van der Waals surface area contributed by atoms with Gasteiger partial charge < -0.3 is 33.3 Å². The number of carboxylic acids is 1. The molecule has 0 fully saturated rings. The summed E-state index contributed by atoms with van der Waals surface area (Å²) < 4.78 is 22.6. The van der Waals surface area contributed by atoms with E-state index in [1.165, 1.54) is 96.3 Å². The lowest BCUT2D eigenvalue weighted by Gasteiger charge is -2.26. The van der Waals surface area contributed by atoms with Crippen LogP contribution in [0.25, 0.3) is 0 Å². The molecule has 0 heterocycles. The van der Waals surface area contributed by atoms with Crippen LogP contribution in [0.15, 0.2) is 36.5 Å². The van der Waals surface area contributed by atoms with Crippen molar-refractivity contribution >= 4 is 17.9 Å². The second-order valence-electron chi connectivity index (χ2n) is 17.0. The van der Waals surface area contributed by atoms with E-state index in [2.05, 4.69) is 50.3 Å². The largest absolute Gasteiger partial charge is 0.545 e. The molecule has 0 aromatic rings. The van der Waals surface area contributed by atoms with E-state index in [-0.39, 0.29) is 38.6 Å². The number of carbonyl (C=O) groups is 3. The van der Waals surface area contributed by atoms with E-state index in [0.29, 0.717) is 17.4 Å². The summed E-state index contributed by atoms with van der Waals surface area (Å²) >= 11 is 0. The summed E-state index contributed by atoms with van der Waals surface area (Å²) in [6.45, 7) is 4.70. The van der Waals surface area contributed by atoms with Gasteiger partial charge in [0.15, 0.2) is 12.4 Å². The highest BCUT2D eigenvalue weighted by Crippen LogP contribution is 2.14. The maximum Gasteiger partial charge on any atom is 0.306 e. The molecule has 0 saturated heterocycles. The number of ether oxygens (including phenoxy) is 4. The lowest BCUT2D eigenvalue weighted by Crippen LogP contribution is -2.44. The fourth-order valence-corrected chi connectivity index (χ4v) is 6.38. The predicted octanol–water partition coefficient (Wildman–Crippen LogP) is 11.3. The molecule has 338 valence electrons. The van der Waals surface area contributed by atoms with Gasteiger partial charge in [0.2, 0.25) is 0 Å². The van der Waals surface area contributed by atoms with Crippen molar-refractivity contribution in [1.82, 2.24) is 0 Å². The van der Waals surface area contributed by atoms with Crippen LogP contribution in [0, 0.1) is 0 Å². The van der Waals surface area contributed by atoms with Gasteiger partial charge in [0, 0.05) is 12.8 Å². The Morgan fingerprint density at radius 1 is 0.517 bits per heavy atom. The van der Waals surface area contributed by atoms with Crippen LogP contribution in [0.1, 0.15) is 200 Å². The monoisotopic (exact) mass is 820 g/mol. The maximum absolute atomic E-state index is 12.8. The lowest BCUT2D eigenvalue weighted by atomic mass is 10.1. The average molecular weight is 820 g/mol. The fourth-order valence-electron chi connectivity index (χ4n) is 6.38. The summed E-state index contributed by atoms with van der Waals surface area (Å²) in [5.41, 5.74) is 0. The minimum absolute atomic E-state index is 0.144. The zero-order valence-electron chi connectivity index (χ0n) is 38.2. The van der Waals surface area contributed by atoms with Crippen molar-refractivity contribution in [2.75, 3.05) is 47.5 Å². The van der Waals surface area contributed by atoms with E-state index in [9.17, 15) is 19.5 Å². The Labute approximate surface area is 356 Å². The molecular formula is C49H89NO8. The first-order chi connectivity index (χ1) is 28.1. The zero-order valence-corrected chi connectivity index (χ0v) is 38.2. The van der Waals surface area contributed by atoms with Gasteiger partial charge in [0.1, 0.15) is 13.2 Å². The van der Waals surface area contributed by atoms with Crippen molar-refractivity contribution in [3.8, 4) is 0 Å². The van der Waals surface area contributed by atoms with E-state index in [0.717, 1.165) is 70.6 Å². The Balaban J connectivity index is 4.43. The van der Waals surface area contributed by atoms with E-state index >= 15 is 0 Å². The number of nitrogens with zero attached hydrogens (tertiary/aromatic N) is 1. The van der Waals surface area contributed by atoms with Gasteiger partial charge in [-0.15, -0.1) is 0 Å². The molecular weight excluding hydrogens is 731 g/mol. The molecule has 0 aromatic carbocycles. The number of esters is 2. The molecule has 58 heavy (non-hydrogen) atoms. The molecule has 0 aromatic heterocycles. The van der Waals surface area contributed by atoms with Crippen molar-refractivity contribution in [3.05, 3.63) is 36.5 Å². The summed E-state index contributed by atoms with van der Waals surface area (Å²) in [6, 6.07) is 0. The number of likely N-dealkylation sites (N-methyl/N-ethyl adjacent to an activating group) is 1. The van der Waals surface area contributed by atoms with Crippen LogP contribution in [0.2, 0.25) is 0 Å². The Kier molecular flexibility index (Phi) is 39.5. The minimum atomic E-state index is -1.62. The van der Waals surface area contributed by atoms with Crippen molar-refractivity contribution in [2.24, 2.45) is 0 Å². The highest BCUT2D eigenvalue weighted by molar-refractivity contribution is 5.70. The number of rotatable bonds is 43. The normalized spacial score (nSPS) is 13.2. The number of carboxylic acid groups (broad SMARTS) is 1. The zero-order chi connectivity index (χ0) is 42.8. The van der Waals surface area contributed by atoms with Gasteiger partial charge in [-0.3, -0.25) is 9.59 Å². The standard InChI is InChI=1S/C49H89NO8/c1-6-8-10-12-14-16-18-20-22-24-26-27-29-31-33-35-37-39-46(51)56-43-45(44-57-49(48(53)54)55-42-41-50(3,4)5)58-47(52)40-38-36-34-32-30-28-25-23-21-19-17-15-13-11-9-7-2/h17,19-20,22-23,25,45,49H,6-16,18,21,24,26-44H2,1-5H3/b19-17-,22-20-,25-23-. The van der Waals surface area contributed by atoms with Crippen molar-refractivity contribution < 1.29 is 42.9 Å². The summed E-state index contributed by atoms with van der Waals surface area (Å²) in [7, 11) is 5.90. The van der Waals surface area contributed by atoms with Crippen LogP contribution in [0.3, 0.4) is 0 Å². The van der Waals surface area contributed by atoms with Crippen molar-refractivity contribution in [2.45, 2.75) is 212 Å². The number of hydrogen-bond acceptors (Lipinski definition) is 8. The van der Waals surface area contributed by atoms with Gasteiger partial charge in [-0.25, -0.2) is 0 Å². The third-order valence-corrected chi connectivity index (χ3v) is 10.1. The highest BCUT2D eigenvalue weighted by atomic mass is 16.7. The van der Waals surface area contributed by atoms with Crippen LogP contribution in [0.4, 0.5) is 0 Å². The van der Waals surface area contributed by atoms with E-state index < -0.39 is 24.3 Å². The molecule has 9 heteroatoms. The molecule has 2 atom stereocenters. The van der Waals surface area contributed by atoms with Gasteiger partial charge in [0.05, 0.1) is 40.3 Å². The molecule has 0 aliphatic carbocycles. The van der Waals surface area contributed by atoms with Gasteiger partial charge in [-0.2, -0.15) is 0 Å². The van der Waals surface area contributed by atoms with Gasteiger partial charge >= 0.3 is 11.9 Å². The highest BCUT2D eigenvalue weighted by Gasteiger charge is 2.21. The molecule has 0 saturated carbocycles. The van der Waals surface area contributed by atoms with Gasteiger partial charge in [-0.1, -0.05) is 153 Å². The number of allylic oxidation sites excluding steroid dienone is 6. The van der Waals surface area contributed by atoms with Crippen LogP contribution >= 0.6 is 0 Å². The molecule has 0 aliphatic heterocycles. The van der Waals surface area contributed by atoms with Crippen LogP contribution in [-0.4, -0.2) is 82.3 Å². The Morgan fingerprint density at radius 2 is 0.931 bits per heavy atom. The number of carbonyl (C=O) groups excluding carboxylic acids is 3. The Morgan fingerprint density at radius 3 is 1.40 bits per heavy atom. The van der Waals surface area contributed by atoms with E-state index in [4.69, 9.17) is 18.9 Å². The third-order valence-electron chi connectivity index (χ3n) is 10.1. The average Bonchev–Trinajstić information content (AvgIpc) is 3.18. The third kappa shape index (κ3) is 41.7. The van der Waals surface area contributed by atoms with Crippen LogP contribution < -0.4 is 5.11 Å². The number of unbranched alkanes of at least 4 members (excludes halogenated alkanes) is 22. The molecule has 9 nitrogen and oxygen atoms in total. The predicted molar refractivity (Wildman–Crippen MR) is 237 cm³/mol. The molecule has 0 radical (unpaired) electrons. The SMILES string of the molecule is CCCCCC/C=C\C/C=C\CCCCCCCC(=O)OC(COC(=O)CCCCCCCCC/C=C\CCCCCCCC)COC(OCC[N+](C)(C)C)C(=O)[O-]. The van der Waals surface area contributed by atoms with Crippen molar-refractivity contribution in [1.29, 1.82) is 0 Å². The van der Waals surface area contributed by atoms with Gasteiger partial charge in [-0.05, 0) is 70.6 Å². The summed E-state index contributed by atoms with van der Waals surface area (Å²) in [5.74, 6) is -2.31. The van der Waals surface area contributed by atoms with Crippen LogP contribution in [0.5, 0.6) is 0 Å². The van der Waals surface area contributed by atoms with E-state index in [1.54, 1.807) is 0 Å². The topological polar surface area (TPSA) is 111 Å². The quantitative estimate of drug-likeness (QED) is 0.0197. The van der Waals surface area contributed by atoms with E-state index in [1.807, 2.05) is 21.1 Å². The Bertz CT molecular complexity index is 1050. The molecule has 2 unspecified atom stereocenters. The minimum Gasteiger partial charge on any atom is -0.545 e. The molecule has 0 amide bonds. The molecule has 0 aliphatic rings. The first-order valence-corrected chi connectivity index (χ1v) is 23.6. The molecule has 0 bridgehead atoms. The molecule has 0 N–H and O–H groups in total. The smallest absolute Gasteiger partial charge is 0.306 e. The fraction of sp³-hybridized carbons (Fsp3) is 0.816. The summed E-state index contributed by atoms with van der Waals surface area (Å²) in [5, 5.41) is 11.7. The van der Waals surface area contributed by atoms with Gasteiger partial charge in [0.25, 0.3) is 0 Å². The first kappa shape index (κ1) is 55.5. The first-order valence-electron chi connectivity index (χ1n) is 23.6. The summed E-state index contributed by atoms with van der Waals surface area (Å²) in [4.78, 5) is 37.0. The summed E-state index contributed by atoms with van der Waals surface area (Å²) in [6.07, 6.45) is 43.1. The second-order valence-corrected chi connectivity index (χ2v) is 17.0. The number of hydrogen-bond donors (Lipinski definition) is 0. The second kappa shape index (κ2) is 41.3. The molecule has 0 spiro atoms. The lowest BCUT2D eigenvalue weighted by molar-refractivity contribution is -0.870. The Hall–Kier alpha value is -2.49. The number of quaternary nitrogens is 1. The maximum atomic E-state index is 12.8. The van der Waals surface area contributed by atoms with Crippen LogP contribution in [-0.2, 0) is 33.3 Å². The number of aliphatic carboxylic acids is 1. The van der Waals surface area contributed by atoms with Crippen molar-refractivity contribution in [3.63, 3.8) is 0 Å².